The Bertz CT molecular complexity index is 1730. The summed E-state index contributed by atoms with van der Waals surface area (Å²) >= 11 is 12.6. The monoisotopic (exact) mass is 630 g/mol. The number of rotatable bonds is 10. The summed E-state index contributed by atoms with van der Waals surface area (Å²) in [6.07, 6.45) is -0.596. The Labute approximate surface area is 241 Å². The zero-order chi connectivity index (χ0) is 29.6. The first-order chi connectivity index (χ1) is 19.4. The summed E-state index contributed by atoms with van der Waals surface area (Å²) in [5.74, 6) is 0.0962. The highest BCUT2D eigenvalue weighted by atomic mass is 35.5. The molecule has 2 aliphatic rings. The van der Waals surface area contributed by atoms with Crippen LogP contribution in [0.25, 0.3) is 5.69 Å². The molecule has 1 heterocycles. The number of carbonyl (C=O) groups is 1. The molecule has 0 saturated heterocycles. The second-order valence-electron chi connectivity index (χ2n) is 9.67. The first kappa shape index (κ1) is 29.2. The maximum Gasteiger partial charge on any atom is 0.349 e. The highest BCUT2D eigenvalue weighted by Gasteiger charge is 2.43. The van der Waals surface area contributed by atoms with Crippen LogP contribution in [0.2, 0.25) is 10.0 Å². The number of alkyl halides is 2. The van der Waals surface area contributed by atoms with Crippen LogP contribution in [0.3, 0.4) is 0 Å². The van der Waals surface area contributed by atoms with Crippen LogP contribution in [0.5, 0.6) is 17.2 Å². The molecular weight excluding hydrogens is 609 g/mol. The summed E-state index contributed by atoms with van der Waals surface area (Å²) < 4.78 is 66.8. The lowest BCUT2D eigenvalue weighted by molar-refractivity contribution is -0.127. The topological polar surface area (TPSA) is 149 Å². The summed E-state index contributed by atoms with van der Waals surface area (Å²) in [5.41, 5.74) is -3.75. The van der Waals surface area contributed by atoms with E-state index in [1.807, 2.05) is 0 Å². The van der Waals surface area contributed by atoms with Crippen LogP contribution in [-0.4, -0.2) is 42.1 Å². The molecule has 2 N–H and O–H groups in total. The molecule has 16 heteroatoms. The Balaban J connectivity index is 1.38. The van der Waals surface area contributed by atoms with Gasteiger partial charge in [0.25, 0.3) is 12.0 Å². The van der Waals surface area contributed by atoms with Crippen LogP contribution in [-0.2, 0) is 14.8 Å². The van der Waals surface area contributed by atoms with E-state index in [1.165, 1.54) is 25.3 Å². The number of H-pyrrole nitrogens is 1. The molecule has 0 atom stereocenters. The number of carbonyl (C=O) groups excluding carboxylic acids is 1. The maximum absolute atomic E-state index is 13.2. The minimum atomic E-state index is -4.08. The Morgan fingerprint density at radius 2 is 1.78 bits per heavy atom. The number of aromatic amines is 1. The molecule has 5 rings (SSSR count). The van der Waals surface area contributed by atoms with Crippen LogP contribution in [0, 0.1) is 11.8 Å². The number of Topliss-reactive ketones (excluding diaryl/α,β-unsaturated/α-hetero) is 1. The number of methoxy groups -OCH3 is 1. The molecule has 2 aromatic carbocycles. The van der Waals surface area contributed by atoms with E-state index in [2.05, 4.69) is 9.82 Å². The third kappa shape index (κ3) is 6.01. The predicted octanol–water partition coefficient (Wildman–Crippen LogP) is 4.00. The van der Waals surface area contributed by atoms with Gasteiger partial charge in [0, 0.05) is 23.9 Å². The number of nitrogens with zero attached hydrogens (tertiary/aromatic N) is 2. The molecule has 0 amide bonds. The Kier molecular flexibility index (Phi) is 7.94. The molecule has 2 fully saturated rings. The molecule has 3 aromatic rings. The third-order valence-corrected chi connectivity index (χ3v) is 8.88. The second kappa shape index (κ2) is 11.2. The number of ether oxygens (including phenoxy) is 2. The number of nitrogens with one attached hydrogen (secondary N) is 2. The van der Waals surface area contributed by atoms with Gasteiger partial charge in [-0.2, -0.15) is 9.78 Å². The molecule has 1 aromatic heterocycles. The molecule has 0 bridgehead atoms. The van der Waals surface area contributed by atoms with Gasteiger partial charge in [-0.15, -0.1) is 0 Å². The van der Waals surface area contributed by atoms with E-state index >= 15 is 0 Å². The molecule has 0 spiro atoms. The molecule has 2 aliphatic carbocycles. The smallest absolute Gasteiger partial charge is 0.349 e. The lowest BCUT2D eigenvalue weighted by atomic mass is 9.77. The summed E-state index contributed by atoms with van der Waals surface area (Å²) in [7, 11) is -2.78. The number of sulfonamides is 1. The average molecular weight is 631 g/mol. The fourth-order valence-electron chi connectivity index (χ4n) is 4.48. The van der Waals surface area contributed by atoms with Gasteiger partial charge in [0.1, 0.15) is 22.2 Å². The summed E-state index contributed by atoms with van der Waals surface area (Å²) in [6.45, 7) is 0. The number of aromatic nitrogens is 3. The lowest BCUT2D eigenvalue weighted by Crippen LogP contribution is -2.47. The largest absolute Gasteiger partial charge is 0.495 e. The van der Waals surface area contributed by atoms with Crippen LogP contribution in [0.15, 0.2) is 44.8 Å². The van der Waals surface area contributed by atoms with Gasteiger partial charge < -0.3 is 9.47 Å². The molecular formula is C25H22Cl2F2N4O7S. The van der Waals surface area contributed by atoms with Gasteiger partial charge in [0.2, 0.25) is 10.0 Å². The van der Waals surface area contributed by atoms with E-state index in [-0.39, 0.29) is 55.5 Å². The van der Waals surface area contributed by atoms with E-state index in [0.29, 0.717) is 17.5 Å². The van der Waals surface area contributed by atoms with E-state index < -0.39 is 39.4 Å². The van der Waals surface area contributed by atoms with Crippen molar-refractivity contribution in [1.82, 2.24) is 19.5 Å². The minimum absolute atomic E-state index is 0.0115. The first-order valence-corrected chi connectivity index (χ1v) is 14.5. The zero-order valence-corrected chi connectivity index (χ0v) is 23.5. The standard InChI is InChI=1S/C25H22Cl2F2N4O7S/c1-39-18-5-4-15(10-19(18)41(37,38)32-13-6-12(7-13)21(34)11-2-3-11)40-22-16(26)8-14(9-17(22)27)33-25(36)30-24(35)20(31-33)23(28)29/h4-5,8-13,23,32H,2-3,6-7H2,1H3,(H,30,35,36). The van der Waals surface area contributed by atoms with Crippen molar-refractivity contribution in [3.63, 3.8) is 0 Å². The SMILES string of the molecule is COc1ccc(Oc2c(Cl)cc(-n3nc(C(F)F)c(=O)[nH]c3=O)cc2Cl)cc1S(=O)(=O)NC1CC(C(=O)C2CC2)C1. The van der Waals surface area contributed by atoms with Gasteiger partial charge in [0.15, 0.2) is 11.4 Å². The molecule has 41 heavy (non-hydrogen) atoms. The van der Waals surface area contributed by atoms with Crippen molar-refractivity contribution in [3.05, 3.63) is 66.9 Å². The number of hydrogen-bond acceptors (Lipinski definition) is 8. The molecule has 0 unspecified atom stereocenters. The van der Waals surface area contributed by atoms with E-state index in [0.717, 1.165) is 25.0 Å². The lowest BCUT2D eigenvalue weighted by Gasteiger charge is -2.34. The van der Waals surface area contributed by atoms with Crippen molar-refractivity contribution in [2.75, 3.05) is 7.11 Å². The van der Waals surface area contributed by atoms with Crippen LogP contribution in [0.1, 0.15) is 37.8 Å². The van der Waals surface area contributed by atoms with Crippen molar-refractivity contribution in [2.24, 2.45) is 11.8 Å². The number of benzene rings is 2. The van der Waals surface area contributed by atoms with Gasteiger partial charge in [-0.1, -0.05) is 23.2 Å². The second-order valence-corrected chi connectivity index (χ2v) is 12.2. The van der Waals surface area contributed by atoms with E-state index in [9.17, 15) is 31.6 Å². The summed E-state index contributed by atoms with van der Waals surface area (Å²) in [4.78, 5) is 37.5. The molecule has 0 aliphatic heterocycles. The Morgan fingerprint density at radius 1 is 1.12 bits per heavy atom. The molecule has 0 radical (unpaired) electrons. The summed E-state index contributed by atoms with van der Waals surface area (Å²) in [6, 6.07) is 5.88. The summed E-state index contributed by atoms with van der Waals surface area (Å²) in [5, 5.41) is 3.05. The van der Waals surface area contributed by atoms with Gasteiger partial charge in [-0.25, -0.2) is 26.7 Å². The van der Waals surface area contributed by atoms with Gasteiger partial charge in [-0.3, -0.25) is 14.6 Å². The minimum Gasteiger partial charge on any atom is -0.495 e. The van der Waals surface area contributed by atoms with E-state index in [1.54, 1.807) is 4.98 Å². The van der Waals surface area contributed by atoms with Crippen molar-refractivity contribution in [2.45, 2.75) is 43.0 Å². The Morgan fingerprint density at radius 3 is 2.37 bits per heavy atom. The van der Waals surface area contributed by atoms with Crippen molar-refractivity contribution in [1.29, 1.82) is 0 Å². The molecule has 11 nitrogen and oxygen atoms in total. The van der Waals surface area contributed by atoms with Crippen LogP contribution >= 0.6 is 23.2 Å². The number of halogens is 4. The quantitative estimate of drug-likeness (QED) is 0.341. The highest BCUT2D eigenvalue weighted by molar-refractivity contribution is 7.89. The normalized spacial score (nSPS) is 18.7. The van der Waals surface area contributed by atoms with Gasteiger partial charge >= 0.3 is 5.69 Å². The fraction of sp³-hybridized carbons (Fsp3) is 0.360. The average Bonchev–Trinajstić information content (AvgIpc) is 3.73. The Hall–Kier alpha value is -3.33. The third-order valence-electron chi connectivity index (χ3n) is 6.77. The van der Waals surface area contributed by atoms with Crippen molar-refractivity contribution >= 4 is 39.0 Å². The van der Waals surface area contributed by atoms with E-state index in [4.69, 9.17) is 32.7 Å². The number of ketones is 1. The molecule has 2 saturated carbocycles. The van der Waals surface area contributed by atoms with Gasteiger partial charge in [0.05, 0.1) is 22.8 Å². The number of hydrogen-bond donors (Lipinski definition) is 2. The predicted molar refractivity (Wildman–Crippen MR) is 143 cm³/mol. The maximum atomic E-state index is 13.2. The fourth-order valence-corrected chi connectivity index (χ4v) is 6.47. The van der Waals surface area contributed by atoms with Crippen LogP contribution in [0.4, 0.5) is 8.78 Å². The van der Waals surface area contributed by atoms with Gasteiger partial charge in [-0.05, 0) is 49.9 Å². The van der Waals surface area contributed by atoms with Crippen LogP contribution < -0.4 is 25.4 Å². The molecule has 218 valence electrons. The van der Waals surface area contributed by atoms with Crippen molar-refractivity contribution in [3.8, 4) is 22.9 Å². The zero-order valence-electron chi connectivity index (χ0n) is 21.2. The highest BCUT2D eigenvalue weighted by Crippen LogP contribution is 2.41. The first-order valence-electron chi connectivity index (χ1n) is 12.3. The van der Waals surface area contributed by atoms with Crippen molar-refractivity contribution < 1.29 is 31.5 Å².